The van der Waals surface area contributed by atoms with E-state index in [2.05, 4.69) is 10.4 Å². The zero-order valence-electron chi connectivity index (χ0n) is 14.0. The lowest BCUT2D eigenvalue weighted by molar-refractivity contribution is 0.299. The van der Waals surface area contributed by atoms with E-state index in [1.54, 1.807) is 6.07 Å². The third kappa shape index (κ3) is 2.83. The van der Waals surface area contributed by atoms with Crippen LogP contribution in [-0.4, -0.2) is 19.8 Å². The maximum atomic E-state index is 14.4. The van der Waals surface area contributed by atoms with E-state index in [-0.39, 0.29) is 12.2 Å². The molecule has 4 aromatic rings. The molecule has 0 unspecified atom stereocenters. The Kier molecular flexibility index (Phi) is 3.96. The molecule has 0 aliphatic carbocycles. The predicted molar refractivity (Wildman–Crippen MR) is 94.8 cm³/mol. The maximum Gasteiger partial charge on any atom is 0.368 e. The fourth-order valence-electron chi connectivity index (χ4n) is 2.77. The Balaban J connectivity index is 1.67. The van der Waals surface area contributed by atoms with Gasteiger partial charge in [0.25, 0.3) is 0 Å². The van der Waals surface area contributed by atoms with Gasteiger partial charge in [-0.2, -0.15) is 9.36 Å². The van der Waals surface area contributed by atoms with E-state index in [4.69, 9.17) is 4.74 Å². The monoisotopic (exact) mass is 350 g/mol. The van der Waals surface area contributed by atoms with Crippen molar-refractivity contribution in [3.8, 4) is 11.4 Å². The number of fused-ring (bicyclic) bond motifs is 1. The lowest BCUT2D eigenvalue weighted by Gasteiger charge is -2.11. The van der Waals surface area contributed by atoms with Crippen LogP contribution in [0.4, 0.5) is 4.39 Å². The van der Waals surface area contributed by atoms with Crippen molar-refractivity contribution < 1.29 is 9.13 Å². The van der Waals surface area contributed by atoms with E-state index in [9.17, 15) is 9.18 Å². The number of halogens is 1. The van der Waals surface area contributed by atoms with Gasteiger partial charge in [0.1, 0.15) is 18.2 Å². The third-order valence-electron chi connectivity index (χ3n) is 4.15. The number of hydrogen-bond acceptors (Lipinski definition) is 4. The van der Waals surface area contributed by atoms with Gasteiger partial charge in [0.15, 0.2) is 0 Å². The summed E-state index contributed by atoms with van der Waals surface area (Å²) in [5.41, 5.74) is 0.0923. The molecule has 0 atom stereocenters. The van der Waals surface area contributed by atoms with E-state index in [1.807, 2.05) is 42.5 Å². The minimum Gasteiger partial charge on any atom is -0.489 e. The van der Waals surface area contributed by atoms with Gasteiger partial charge in [-0.15, -0.1) is 0 Å². The number of tetrazole rings is 1. The smallest absolute Gasteiger partial charge is 0.368 e. The minimum atomic E-state index is -0.471. The molecule has 0 saturated carbocycles. The Morgan fingerprint density at radius 2 is 1.81 bits per heavy atom. The van der Waals surface area contributed by atoms with Crippen LogP contribution in [0, 0.1) is 5.82 Å². The van der Waals surface area contributed by atoms with E-state index < -0.39 is 11.5 Å². The second kappa shape index (κ2) is 6.44. The average Bonchev–Trinajstić information content (AvgIpc) is 2.99. The van der Waals surface area contributed by atoms with Gasteiger partial charge in [0.05, 0.1) is 11.3 Å². The van der Waals surface area contributed by atoms with Gasteiger partial charge in [0, 0.05) is 7.05 Å². The number of benzene rings is 3. The van der Waals surface area contributed by atoms with Crippen molar-refractivity contribution in [2.24, 2.45) is 7.05 Å². The summed E-state index contributed by atoms with van der Waals surface area (Å²) in [6.07, 6.45) is 0. The number of aryl methyl sites for hydroxylation is 1. The van der Waals surface area contributed by atoms with Crippen LogP contribution in [0.25, 0.3) is 16.5 Å². The zero-order chi connectivity index (χ0) is 18.1. The van der Waals surface area contributed by atoms with E-state index in [0.717, 1.165) is 20.1 Å². The van der Waals surface area contributed by atoms with Crippen LogP contribution in [0.15, 0.2) is 65.5 Å². The van der Waals surface area contributed by atoms with Crippen LogP contribution in [0.1, 0.15) is 5.56 Å². The van der Waals surface area contributed by atoms with Crippen LogP contribution in [0.5, 0.6) is 5.75 Å². The highest BCUT2D eigenvalue weighted by Gasteiger charge is 2.15. The Morgan fingerprint density at radius 1 is 1.00 bits per heavy atom. The van der Waals surface area contributed by atoms with Gasteiger partial charge < -0.3 is 4.74 Å². The van der Waals surface area contributed by atoms with Crippen LogP contribution >= 0.6 is 0 Å². The van der Waals surface area contributed by atoms with Crippen molar-refractivity contribution in [2.45, 2.75) is 6.61 Å². The molecule has 0 N–H and O–H groups in total. The molecule has 0 fully saturated rings. The molecule has 26 heavy (non-hydrogen) atoms. The Morgan fingerprint density at radius 3 is 2.58 bits per heavy atom. The molecule has 7 heteroatoms. The molecule has 6 nitrogen and oxygen atoms in total. The van der Waals surface area contributed by atoms with Crippen molar-refractivity contribution >= 4 is 10.8 Å². The summed E-state index contributed by atoms with van der Waals surface area (Å²) in [7, 11) is 1.48. The van der Waals surface area contributed by atoms with Gasteiger partial charge in [-0.05, 0) is 45.5 Å². The molecule has 0 aliphatic rings. The molecule has 0 spiro atoms. The first-order valence-corrected chi connectivity index (χ1v) is 8.02. The summed E-state index contributed by atoms with van der Waals surface area (Å²) in [4.78, 5) is 12.1. The lowest BCUT2D eigenvalue weighted by Crippen LogP contribution is -2.23. The maximum absolute atomic E-state index is 14.4. The Hall–Kier alpha value is -3.48. The van der Waals surface area contributed by atoms with Crippen LogP contribution in [0.2, 0.25) is 0 Å². The summed E-state index contributed by atoms with van der Waals surface area (Å²) >= 11 is 0. The number of nitrogens with zero attached hydrogens (tertiary/aromatic N) is 4. The van der Waals surface area contributed by atoms with Crippen molar-refractivity contribution in [2.75, 3.05) is 0 Å². The Bertz CT molecular complexity index is 1150. The summed E-state index contributed by atoms with van der Waals surface area (Å²) < 4.78 is 22.3. The molecule has 130 valence electrons. The van der Waals surface area contributed by atoms with E-state index in [1.165, 1.54) is 19.2 Å². The fourth-order valence-corrected chi connectivity index (χ4v) is 2.77. The molecule has 0 amide bonds. The molecule has 1 heterocycles. The van der Waals surface area contributed by atoms with Crippen molar-refractivity contribution in [3.63, 3.8) is 0 Å². The molecular weight excluding hydrogens is 335 g/mol. The molecule has 3 aromatic carbocycles. The first kappa shape index (κ1) is 16.0. The van der Waals surface area contributed by atoms with Gasteiger partial charge in [-0.1, -0.05) is 36.4 Å². The van der Waals surface area contributed by atoms with E-state index in [0.29, 0.717) is 11.4 Å². The number of aromatic nitrogens is 4. The van der Waals surface area contributed by atoms with Gasteiger partial charge in [0.2, 0.25) is 0 Å². The minimum absolute atomic E-state index is 0.0383. The molecule has 1 aromatic heterocycles. The molecule has 0 radical (unpaired) electrons. The first-order chi connectivity index (χ1) is 12.6. The fraction of sp³-hybridized carbons (Fsp3) is 0.105. The summed E-state index contributed by atoms with van der Waals surface area (Å²) in [5, 5.41) is 9.57. The number of rotatable bonds is 4. The van der Waals surface area contributed by atoms with Gasteiger partial charge in [-0.3, -0.25) is 0 Å². The standard InChI is InChI=1S/C19H15FN4O2/c1-23-19(25)24(22-21-23)18-8-4-7-17(20)16(18)12-26-15-10-9-13-5-2-3-6-14(13)11-15/h2-11H,12H2,1H3. The molecular formula is C19H15FN4O2. The molecule has 4 rings (SSSR count). The van der Waals surface area contributed by atoms with Crippen LogP contribution in [0.3, 0.4) is 0 Å². The van der Waals surface area contributed by atoms with Crippen molar-refractivity contribution in [3.05, 3.63) is 82.5 Å². The third-order valence-corrected chi connectivity index (χ3v) is 4.15. The second-order valence-electron chi connectivity index (χ2n) is 5.83. The highest BCUT2D eigenvalue weighted by molar-refractivity contribution is 5.83. The molecule has 0 aliphatic heterocycles. The summed E-state index contributed by atoms with van der Waals surface area (Å²) in [5.74, 6) is 0.144. The SMILES string of the molecule is Cn1nnn(-c2cccc(F)c2COc2ccc3ccccc3c2)c1=O. The van der Waals surface area contributed by atoms with Crippen LogP contribution in [-0.2, 0) is 13.7 Å². The summed E-state index contributed by atoms with van der Waals surface area (Å²) in [6.45, 7) is -0.0383. The van der Waals surface area contributed by atoms with Gasteiger partial charge in [-0.25, -0.2) is 9.18 Å². The molecule has 0 saturated heterocycles. The number of hydrogen-bond donors (Lipinski definition) is 0. The quantitative estimate of drug-likeness (QED) is 0.568. The largest absolute Gasteiger partial charge is 0.489 e. The predicted octanol–water partition coefficient (Wildman–Crippen LogP) is 2.84. The van der Waals surface area contributed by atoms with Crippen molar-refractivity contribution in [1.82, 2.24) is 19.8 Å². The van der Waals surface area contributed by atoms with E-state index >= 15 is 0 Å². The topological polar surface area (TPSA) is 61.9 Å². The van der Waals surface area contributed by atoms with Crippen LogP contribution < -0.4 is 10.4 Å². The molecule has 0 bridgehead atoms. The highest BCUT2D eigenvalue weighted by atomic mass is 19.1. The normalized spacial score (nSPS) is 11.0. The van der Waals surface area contributed by atoms with Gasteiger partial charge >= 0.3 is 5.69 Å². The Labute approximate surface area is 148 Å². The zero-order valence-corrected chi connectivity index (χ0v) is 14.0. The number of ether oxygens (including phenoxy) is 1. The summed E-state index contributed by atoms with van der Waals surface area (Å²) in [6, 6.07) is 18.0. The second-order valence-corrected chi connectivity index (χ2v) is 5.83. The average molecular weight is 350 g/mol. The highest BCUT2D eigenvalue weighted by Crippen LogP contribution is 2.23. The first-order valence-electron chi connectivity index (χ1n) is 8.02. The van der Waals surface area contributed by atoms with Crippen molar-refractivity contribution in [1.29, 1.82) is 0 Å². The lowest BCUT2D eigenvalue weighted by atomic mass is 10.1.